The van der Waals surface area contributed by atoms with Crippen molar-refractivity contribution in [2.75, 3.05) is 18.1 Å². The molecule has 0 N–H and O–H groups in total. The molecule has 0 unspecified atom stereocenters. The zero-order chi connectivity index (χ0) is 14.8. The number of hydrogen-bond acceptors (Lipinski definition) is 3. The summed E-state index contributed by atoms with van der Waals surface area (Å²) in [6, 6.07) is 7.44. The molecule has 0 saturated carbocycles. The minimum atomic E-state index is -0.625. The molecule has 0 saturated heterocycles. The number of rotatable bonds is 5. The molecule has 2 amide bonds. The number of benzene rings is 1. The van der Waals surface area contributed by atoms with Crippen LogP contribution in [0.2, 0.25) is 0 Å². The Labute approximate surface area is 124 Å². The van der Waals surface area contributed by atoms with Crippen LogP contribution < -0.4 is 0 Å². The summed E-state index contributed by atoms with van der Waals surface area (Å²) < 4.78 is 0. The molecule has 0 bridgehead atoms. The SMILES string of the molecule is CCCSCCN1C(=O)c2ccccc2C(C)(C)C1=O. The number of nitrogens with zero attached hydrogens (tertiary/aromatic N) is 1. The molecule has 1 aromatic rings. The van der Waals surface area contributed by atoms with Crippen LogP contribution in [0.25, 0.3) is 0 Å². The smallest absolute Gasteiger partial charge is 0.260 e. The number of hydrogen-bond donors (Lipinski definition) is 0. The second-order valence-electron chi connectivity index (χ2n) is 5.54. The Hall–Kier alpha value is -1.29. The van der Waals surface area contributed by atoms with Crippen LogP contribution in [0.1, 0.15) is 43.1 Å². The first-order chi connectivity index (χ1) is 9.50. The van der Waals surface area contributed by atoms with Gasteiger partial charge in [0.2, 0.25) is 5.91 Å². The molecule has 1 aromatic carbocycles. The highest BCUT2D eigenvalue weighted by atomic mass is 32.2. The quantitative estimate of drug-likeness (QED) is 0.618. The summed E-state index contributed by atoms with van der Waals surface area (Å²) in [4.78, 5) is 26.5. The average molecular weight is 291 g/mol. The van der Waals surface area contributed by atoms with Crippen LogP contribution in [-0.4, -0.2) is 34.8 Å². The van der Waals surface area contributed by atoms with Crippen LogP contribution in [0.3, 0.4) is 0 Å². The van der Waals surface area contributed by atoms with Gasteiger partial charge in [-0.2, -0.15) is 11.8 Å². The summed E-state index contributed by atoms with van der Waals surface area (Å²) >= 11 is 1.79. The van der Waals surface area contributed by atoms with Crippen LogP contribution in [0.15, 0.2) is 24.3 Å². The number of imide groups is 1. The zero-order valence-corrected chi connectivity index (χ0v) is 13.1. The maximum Gasteiger partial charge on any atom is 0.260 e. The lowest BCUT2D eigenvalue weighted by atomic mass is 9.77. The maximum absolute atomic E-state index is 12.6. The Bertz CT molecular complexity index is 525. The fourth-order valence-electron chi connectivity index (χ4n) is 2.51. The van der Waals surface area contributed by atoms with Gasteiger partial charge in [-0.15, -0.1) is 0 Å². The molecule has 3 nitrogen and oxygen atoms in total. The van der Waals surface area contributed by atoms with Gasteiger partial charge in [-0.1, -0.05) is 25.1 Å². The van der Waals surface area contributed by atoms with Gasteiger partial charge in [0.15, 0.2) is 0 Å². The largest absolute Gasteiger partial charge is 0.277 e. The van der Waals surface area contributed by atoms with Gasteiger partial charge in [0.1, 0.15) is 0 Å². The summed E-state index contributed by atoms with van der Waals surface area (Å²) in [6.07, 6.45) is 1.11. The van der Waals surface area contributed by atoms with E-state index in [1.54, 1.807) is 11.8 Å². The highest BCUT2D eigenvalue weighted by Gasteiger charge is 2.43. The van der Waals surface area contributed by atoms with Gasteiger partial charge >= 0.3 is 0 Å². The van der Waals surface area contributed by atoms with Gasteiger partial charge in [0, 0.05) is 17.9 Å². The molecule has 4 heteroatoms. The van der Waals surface area contributed by atoms with E-state index in [-0.39, 0.29) is 11.8 Å². The van der Waals surface area contributed by atoms with Crippen LogP contribution in [0.4, 0.5) is 0 Å². The topological polar surface area (TPSA) is 37.4 Å². The van der Waals surface area contributed by atoms with Gasteiger partial charge in [0.05, 0.1) is 5.41 Å². The van der Waals surface area contributed by atoms with E-state index in [1.165, 1.54) is 4.90 Å². The van der Waals surface area contributed by atoms with E-state index in [0.717, 1.165) is 23.5 Å². The predicted molar refractivity (Wildman–Crippen MR) is 83.1 cm³/mol. The molecule has 2 rings (SSSR count). The maximum atomic E-state index is 12.6. The summed E-state index contributed by atoms with van der Waals surface area (Å²) in [6.45, 7) is 6.42. The molecule has 20 heavy (non-hydrogen) atoms. The van der Waals surface area contributed by atoms with Crippen molar-refractivity contribution in [1.82, 2.24) is 4.90 Å². The van der Waals surface area contributed by atoms with Gasteiger partial charge in [0.25, 0.3) is 5.91 Å². The monoisotopic (exact) mass is 291 g/mol. The summed E-state index contributed by atoms with van der Waals surface area (Å²) in [5.74, 6) is 1.64. The van der Waals surface area contributed by atoms with E-state index in [4.69, 9.17) is 0 Å². The first-order valence-electron chi connectivity index (χ1n) is 7.03. The van der Waals surface area contributed by atoms with Crippen molar-refractivity contribution in [3.05, 3.63) is 35.4 Å². The highest BCUT2D eigenvalue weighted by molar-refractivity contribution is 7.99. The third-order valence-corrected chi connectivity index (χ3v) is 4.83. The second-order valence-corrected chi connectivity index (χ2v) is 6.77. The van der Waals surface area contributed by atoms with E-state index in [0.29, 0.717) is 12.1 Å². The third-order valence-electron chi connectivity index (χ3n) is 3.66. The highest BCUT2D eigenvalue weighted by Crippen LogP contribution is 2.34. The molecule has 1 aliphatic rings. The fourth-order valence-corrected chi connectivity index (χ4v) is 3.31. The normalized spacial score (nSPS) is 17.2. The van der Waals surface area contributed by atoms with E-state index in [2.05, 4.69) is 6.92 Å². The standard InChI is InChI=1S/C16H21NO2S/c1-4-10-20-11-9-17-14(18)12-7-5-6-8-13(12)16(2,3)15(17)19/h5-8H,4,9-11H2,1-3H3. The Kier molecular flexibility index (Phi) is 4.53. The number of thioether (sulfide) groups is 1. The van der Waals surface area contributed by atoms with Crippen molar-refractivity contribution in [3.63, 3.8) is 0 Å². The van der Waals surface area contributed by atoms with Crippen molar-refractivity contribution in [3.8, 4) is 0 Å². The molecule has 1 aliphatic heterocycles. The molecule has 0 fully saturated rings. The minimum Gasteiger partial charge on any atom is -0.277 e. The van der Waals surface area contributed by atoms with Crippen LogP contribution in [0, 0.1) is 0 Å². The molecular weight excluding hydrogens is 270 g/mol. The lowest BCUT2D eigenvalue weighted by Gasteiger charge is -2.37. The molecule has 0 aliphatic carbocycles. The van der Waals surface area contributed by atoms with Gasteiger partial charge in [-0.3, -0.25) is 14.5 Å². The number of carbonyl (C=O) groups excluding carboxylic acids is 2. The summed E-state index contributed by atoms with van der Waals surface area (Å²) in [5.41, 5.74) is 0.880. The van der Waals surface area contributed by atoms with Gasteiger partial charge < -0.3 is 0 Å². The molecule has 0 spiro atoms. The van der Waals surface area contributed by atoms with Crippen LogP contribution >= 0.6 is 11.8 Å². The van der Waals surface area contributed by atoms with Crippen molar-refractivity contribution in [2.45, 2.75) is 32.6 Å². The van der Waals surface area contributed by atoms with Crippen molar-refractivity contribution < 1.29 is 9.59 Å². The second kappa shape index (κ2) is 6.00. The molecule has 0 aromatic heterocycles. The lowest BCUT2D eigenvalue weighted by Crippen LogP contribution is -2.52. The third kappa shape index (κ3) is 2.62. The predicted octanol–water partition coefficient (Wildman–Crippen LogP) is 3.09. The van der Waals surface area contributed by atoms with Gasteiger partial charge in [-0.05, 0) is 37.7 Å². The molecule has 1 heterocycles. The van der Waals surface area contributed by atoms with Crippen LogP contribution in [0.5, 0.6) is 0 Å². The average Bonchev–Trinajstić information content (AvgIpc) is 2.45. The first-order valence-corrected chi connectivity index (χ1v) is 8.19. The Balaban J connectivity index is 2.24. The van der Waals surface area contributed by atoms with Crippen molar-refractivity contribution >= 4 is 23.6 Å². The number of carbonyl (C=O) groups is 2. The zero-order valence-electron chi connectivity index (χ0n) is 12.3. The van der Waals surface area contributed by atoms with Crippen molar-refractivity contribution in [1.29, 1.82) is 0 Å². The molecule has 108 valence electrons. The van der Waals surface area contributed by atoms with Crippen molar-refractivity contribution in [2.24, 2.45) is 0 Å². The molecule has 0 radical (unpaired) electrons. The van der Waals surface area contributed by atoms with Crippen LogP contribution in [-0.2, 0) is 10.2 Å². The lowest BCUT2D eigenvalue weighted by molar-refractivity contribution is -0.134. The van der Waals surface area contributed by atoms with E-state index < -0.39 is 5.41 Å². The van der Waals surface area contributed by atoms with Gasteiger partial charge in [-0.25, -0.2) is 0 Å². The summed E-state index contributed by atoms with van der Waals surface area (Å²) in [7, 11) is 0. The molecule has 0 atom stereocenters. The number of amides is 2. The molecular formula is C16H21NO2S. The Morgan fingerprint density at radius 1 is 1.15 bits per heavy atom. The number of fused-ring (bicyclic) bond motifs is 1. The fraction of sp³-hybridized carbons (Fsp3) is 0.500. The van der Waals surface area contributed by atoms with E-state index in [9.17, 15) is 9.59 Å². The first kappa shape index (κ1) is 15.1. The van der Waals surface area contributed by atoms with E-state index in [1.807, 2.05) is 38.1 Å². The Morgan fingerprint density at radius 2 is 1.85 bits per heavy atom. The van der Waals surface area contributed by atoms with E-state index >= 15 is 0 Å². The summed E-state index contributed by atoms with van der Waals surface area (Å²) in [5, 5.41) is 0. The minimum absolute atomic E-state index is 0.0849. The Morgan fingerprint density at radius 3 is 2.55 bits per heavy atom.